The van der Waals surface area contributed by atoms with Gasteiger partial charge in [0.1, 0.15) is 0 Å². The molecule has 0 unspecified atom stereocenters. The zero-order valence-electron chi connectivity index (χ0n) is 12.4. The van der Waals surface area contributed by atoms with E-state index in [0.29, 0.717) is 18.7 Å². The molecule has 1 fully saturated rings. The third-order valence-electron chi connectivity index (χ3n) is 3.45. The second-order valence-electron chi connectivity index (χ2n) is 4.98. The van der Waals surface area contributed by atoms with Crippen molar-refractivity contribution in [2.45, 2.75) is 6.61 Å². The lowest BCUT2D eigenvalue weighted by Crippen LogP contribution is -2.46. The number of carbonyl (C=O) groups excluding carboxylic acids is 1. The van der Waals surface area contributed by atoms with Crippen molar-refractivity contribution in [3.05, 3.63) is 35.4 Å². The van der Waals surface area contributed by atoms with Gasteiger partial charge in [0, 0.05) is 51.9 Å². The van der Waals surface area contributed by atoms with Gasteiger partial charge in [-0.05, 0) is 17.7 Å². The van der Waals surface area contributed by atoms with Crippen LogP contribution in [0, 0.1) is 0 Å². The smallest absolute Gasteiger partial charge is 0.251 e. The Kier molecular flexibility index (Phi) is 8.30. The maximum atomic E-state index is 12.0. The summed E-state index contributed by atoms with van der Waals surface area (Å²) in [6.45, 7) is 6.37. The maximum absolute atomic E-state index is 12.0. The van der Waals surface area contributed by atoms with E-state index in [-0.39, 0.29) is 18.3 Å². The summed E-state index contributed by atoms with van der Waals surface area (Å²) in [6.07, 6.45) is 0. The molecule has 5 nitrogen and oxygen atoms in total. The van der Waals surface area contributed by atoms with Gasteiger partial charge in [-0.15, -0.1) is 12.4 Å². The summed E-state index contributed by atoms with van der Waals surface area (Å²) in [5.41, 5.74) is 1.77. The van der Waals surface area contributed by atoms with Gasteiger partial charge >= 0.3 is 0 Å². The summed E-state index contributed by atoms with van der Waals surface area (Å²) >= 11 is 0. The minimum Gasteiger partial charge on any atom is -0.380 e. The van der Waals surface area contributed by atoms with E-state index >= 15 is 0 Å². The zero-order valence-corrected chi connectivity index (χ0v) is 13.2. The number of ether oxygens (including phenoxy) is 1. The molecule has 1 saturated heterocycles. The van der Waals surface area contributed by atoms with E-state index in [4.69, 9.17) is 4.74 Å². The van der Waals surface area contributed by atoms with Crippen LogP contribution in [0.25, 0.3) is 0 Å². The molecule has 0 aromatic heterocycles. The molecule has 0 aliphatic carbocycles. The number of rotatable bonds is 6. The summed E-state index contributed by atoms with van der Waals surface area (Å²) in [7, 11) is 1.66. The Balaban J connectivity index is 0.00000220. The van der Waals surface area contributed by atoms with Crippen molar-refractivity contribution >= 4 is 18.3 Å². The van der Waals surface area contributed by atoms with Crippen molar-refractivity contribution in [1.82, 2.24) is 15.5 Å². The summed E-state index contributed by atoms with van der Waals surface area (Å²) in [5.74, 6) is -0.0101. The molecule has 1 heterocycles. The fourth-order valence-electron chi connectivity index (χ4n) is 2.28. The molecule has 118 valence electrons. The number of carbonyl (C=O) groups is 1. The van der Waals surface area contributed by atoms with Crippen molar-refractivity contribution in [1.29, 1.82) is 0 Å². The van der Waals surface area contributed by atoms with Gasteiger partial charge in [0.05, 0.1) is 6.61 Å². The highest BCUT2D eigenvalue weighted by atomic mass is 35.5. The predicted octanol–water partition coefficient (Wildman–Crippen LogP) is 0.890. The van der Waals surface area contributed by atoms with E-state index in [1.807, 2.05) is 24.3 Å². The summed E-state index contributed by atoms with van der Waals surface area (Å²) in [5, 5.41) is 6.28. The first-order valence-electron chi connectivity index (χ1n) is 7.09. The Morgan fingerprint density at radius 1 is 1.29 bits per heavy atom. The van der Waals surface area contributed by atoms with Crippen molar-refractivity contribution in [2.24, 2.45) is 0 Å². The Labute approximate surface area is 132 Å². The number of piperazine rings is 1. The molecular weight excluding hydrogens is 290 g/mol. The number of nitrogens with zero attached hydrogens (tertiary/aromatic N) is 1. The van der Waals surface area contributed by atoms with Crippen LogP contribution in [0.4, 0.5) is 0 Å². The third kappa shape index (κ3) is 6.01. The van der Waals surface area contributed by atoms with Gasteiger partial charge < -0.3 is 15.4 Å². The second-order valence-corrected chi connectivity index (χ2v) is 4.98. The average Bonchev–Trinajstić information content (AvgIpc) is 2.49. The molecule has 0 radical (unpaired) electrons. The molecule has 21 heavy (non-hydrogen) atoms. The monoisotopic (exact) mass is 313 g/mol. The number of benzene rings is 1. The van der Waals surface area contributed by atoms with Crippen molar-refractivity contribution in [3.63, 3.8) is 0 Å². The highest BCUT2D eigenvalue weighted by molar-refractivity contribution is 5.94. The molecule has 1 amide bonds. The standard InChI is InChI=1S/C15H23N3O2.ClH/c1-20-12-13-2-4-14(5-3-13)15(19)17-8-11-18-9-6-16-7-10-18;/h2-5,16H,6-12H2,1H3,(H,17,19);1H. The van der Waals surface area contributed by atoms with Crippen LogP contribution in [0.1, 0.15) is 15.9 Å². The first kappa shape index (κ1) is 17.9. The summed E-state index contributed by atoms with van der Waals surface area (Å²) in [6, 6.07) is 7.53. The van der Waals surface area contributed by atoms with Crippen LogP contribution < -0.4 is 10.6 Å². The van der Waals surface area contributed by atoms with Gasteiger partial charge in [-0.3, -0.25) is 9.69 Å². The number of hydrogen-bond acceptors (Lipinski definition) is 4. The van der Waals surface area contributed by atoms with Crippen molar-refractivity contribution < 1.29 is 9.53 Å². The van der Waals surface area contributed by atoms with Gasteiger partial charge in [-0.25, -0.2) is 0 Å². The number of amides is 1. The Hall–Kier alpha value is -1.14. The SMILES string of the molecule is COCc1ccc(C(=O)NCCN2CCNCC2)cc1.Cl. The maximum Gasteiger partial charge on any atom is 0.251 e. The number of hydrogen-bond donors (Lipinski definition) is 2. The van der Waals surface area contributed by atoms with Crippen LogP contribution >= 0.6 is 12.4 Å². The fourth-order valence-corrected chi connectivity index (χ4v) is 2.28. The second kappa shape index (κ2) is 9.73. The Bertz CT molecular complexity index is 419. The van der Waals surface area contributed by atoms with Crippen molar-refractivity contribution in [3.8, 4) is 0 Å². The molecule has 6 heteroatoms. The molecule has 1 aromatic carbocycles. The van der Waals surface area contributed by atoms with E-state index in [1.54, 1.807) is 7.11 Å². The van der Waals surface area contributed by atoms with Crippen molar-refractivity contribution in [2.75, 3.05) is 46.4 Å². The van der Waals surface area contributed by atoms with Crippen LogP contribution in [0.15, 0.2) is 24.3 Å². The molecular formula is C15H24ClN3O2. The lowest BCUT2D eigenvalue weighted by atomic mass is 10.1. The van der Waals surface area contributed by atoms with E-state index in [9.17, 15) is 4.79 Å². The van der Waals surface area contributed by atoms with Gasteiger partial charge in [-0.1, -0.05) is 12.1 Å². The highest BCUT2D eigenvalue weighted by Gasteiger charge is 2.10. The fraction of sp³-hybridized carbons (Fsp3) is 0.533. The molecule has 0 spiro atoms. The lowest BCUT2D eigenvalue weighted by Gasteiger charge is -2.27. The predicted molar refractivity (Wildman–Crippen MR) is 86.0 cm³/mol. The average molecular weight is 314 g/mol. The molecule has 0 atom stereocenters. The van der Waals surface area contributed by atoms with E-state index in [1.165, 1.54) is 0 Å². The lowest BCUT2D eigenvalue weighted by molar-refractivity contribution is 0.0947. The zero-order chi connectivity index (χ0) is 14.2. The molecule has 1 aliphatic heterocycles. The van der Waals surface area contributed by atoms with Crippen LogP contribution in [-0.2, 0) is 11.3 Å². The topological polar surface area (TPSA) is 53.6 Å². The van der Waals surface area contributed by atoms with E-state index in [2.05, 4.69) is 15.5 Å². The summed E-state index contributed by atoms with van der Waals surface area (Å²) < 4.78 is 5.05. The largest absolute Gasteiger partial charge is 0.380 e. The van der Waals surface area contributed by atoms with Gasteiger partial charge in [0.15, 0.2) is 0 Å². The number of methoxy groups -OCH3 is 1. The Morgan fingerprint density at radius 2 is 1.95 bits per heavy atom. The Morgan fingerprint density at radius 3 is 2.57 bits per heavy atom. The van der Waals surface area contributed by atoms with Crippen LogP contribution in [0.5, 0.6) is 0 Å². The minimum absolute atomic E-state index is 0. The molecule has 2 N–H and O–H groups in total. The first-order valence-corrected chi connectivity index (χ1v) is 7.09. The van der Waals surface area contributed by atoms with E-state index < -0.39 is 0 Å². The molecule has 2 rings (SSSR count). The number of nitrogens with one attached hydrogen (secondary N) is 2. The molecule has 0 saturated carbocycles. The summed E-state index contributed by atoms with van der Waals surface area (Å²) in [4.78, 5) is 14.3. The first-order chi connectivity index (χ1) is 9.79. The quantitative estimate of drug-likeness (QED) is 0.819. The van der Waals surface area contributed by atoms with Crippen LogP contribution in [0.3, 0.4) is 0 Å². The normalized spacial score (nSPS) is 15.3. The molecule has 0 bridgehead atoms. The van der Waals surface area contributed by atoms with Gasteiger partial charge in [0.25, 0.3) is 5.91 Å². The van der Waals surface area contributed by atoms with Gasteiger partial charge in [0.2, 0.25) is 0 Å². The highest BCUT2D eigenvalue weighted by Crippen LogP contribution is 2.05. The minimum atomic E-state index is -0.0101. The van der Waals surface area contributed by atoms with Gasteiger partial charge in [-0.2, -0.15) is 0 Å². The van der Waals surface area contributed by atoms with Crippen LogP contribution in [-0.4, -0.2) is 57.2 Å². The third-order valence-corrected chi connectivity index (χ3v) is 3.45. The number of halogens is 1. The van der Waals surface area contributed by atoms with E-state index in [0.717, 1.165) is 38.3 Å². The molecule has 1 aromatic rings. The van der Waals surface area contributed by atoms with Crippen LogP contribution in [0.2, 0.25) is 0 Å². The molecule has 1 aliphatic rings.